The van der Waals surface area contributed by atoms with Gasteiger partial charge in [-0.25, -0.2) is 0 Å². The summed E-state index contributed by atoms with van der Waals surface area (Å²) in [5.74, 6) is 1.68. The minimum atomic E-state index is 0.616. The summed E-state index contributed by atoms with van der Waals surface area (Å²) in [6.45, 7) is 1.37. The number of nitrogens with zero attached hydrogens (tertiary/aromatic N) is 1. The maximum atomic E-state index is 5.57. The van der Waals surface area contributed by atoms with Crippen molar-refractivity contribution < 1.29 is 9.47 Å². The molecule has 1 N–H and O–H groups in total. The zero-order valence-electron chi connectivity index (χ0n) is 9.80. The fourth-order valence-electron chi connectivity index (χ4n) is 1.46. The Hall–Kier alpha value is -2.10. The van der Waals surface area contributed by atoms with E-state index in [1.807, 2.05) is 53.5 Å². The average molecular weight is 232 g/mol. The minimum absolute atomic E-state index is 0.616. The Labute approximate surface area is 101 Å². The van der Waals surface area contributed by atoms with E-state index in [2.05, 4.69) is 5.43 Å². The zero-order chi connectivity index (χ0) is 11.9. The number of methoxy groups -OCH3 is 1. The molecule has 90 valence electrons. The normalized spacial score (nSPS) is 9.94. The Morgan fingerprint density at radius 1 is 1.06 bits per heavy atom. The lowest BCUT2D eigenvalue weighted by Crippen LogP contribution is -2.19. The molecule has 0 saturated carbocycles. The Kier molecular flexibility index (Phi) is 3.91. The molecule has 4 nitrogen and oxygen atoms in total. The zero-order valence-corrected chi connectivity index (χ0v) is 9.80. The van der Waals surface area contributed by atoms with Crippen molar-refractivity contribution in [2.24, 2.45) is 0 Å². The van der Waals surface area contributed by atoms with Crippen molar-refractivity contribution in [3.63, 3.8) is 0 Å². The quantitative estimate of drug-likeness (QED) is 0.775. The van der Waals surface area contributed by atoms with E-state index in [-0.39, 0.29) is 0 Å². The van der Waals surface area contributed by atoms with E-state index in [1.165, 1.54) is 0 Å². The van der Waals surface area contributed by atoms with Gasteiger partial charge in [0.05, 0.1) is 13.7 Å². The van der Waals surface area contributed by atoms with Gasteiger partial charge in [0.2, 0.25) is 0 Å². The van der Waals surface area contributed by atoms with E-state index in [1.54, 1.807) is 7.11 Å². The summed E-state index contributed by atoms with van der Waals surface area (Å²) >= 11 is 0. The molecule has 0 aliphatic rings. The van der Waals surface area contributed by atoms with Crippen molar-refractivity contribution in [1.82, 2.24) is 4.68 Å². The lowest BCUT2D eigenvalue weighted by atomic mass is 10.3. The molecule has 0 radical (unpaired) electrons. The van der Waals surface area contributed by atoms with Crippen LogP contribution in [0.2, 0.25) is 0 Å². The molecule has 2 aromatic rings. The van der Waals surface area contributed by atoms with Gasteiger partial charge in [-0.1, -0.05) is 0 Å². The van der Waals surface area contributed by atoms with Crippen LogP contribution < -0.4 is 14.9 Å². The molecule has 0 fully saturated rings. The number of benzene rings is 1. The van der Waals surface area contributed by atoms with Crippen molar-refractivity contribution in [2.45, 2.75) is 0 Å². The first kappa shape index (κ1) is 11.4. The lowest BCUT2D eigenvalue weighted by molar-refractivity contribution is 0.327. The molecular weight excluding hydrogens is 216 g/mol. The summed E-state index contributed by atoms with van der Waals surface area (Å²) < 4.78 is 12.5. The first-order chi connectivity index (χ1) is 8.38. The first-order valence-corrected chi connectivity index (χ1v) is 5.52. The molecule has 4 heteroatoms. The van der Waals surface area contributed by atoms with Crippen molar-refractivity contribution in [1.29, 1.82) is 0 Å². The molecule has 1 aromatic heterocycles. The fraction of sp³-hybridized carbons (Fsp3) is 0.231. The second-order valence-corrected chi connectivity index (χ2v) is 3.52. The molecule has 0 bridgehead atoms. The fourth-order valence-corrected chi connectivity index (χ4v) is 1.46. The largest absolute Gasteiger partial charge is 0.497 e. The molecule has 0 aliphatic heterocycles. The van der Waals surface area contributed by atoms with Gasteiger partial charge in [-0.05, 0) is 36.4 Å². The number of hydrogen-bond donors (Lipinski definition) is 1. The molecular formula is C13H16N2O2. The van der Waals surface area contributed by atoms with E-state index >= 15 is 0 Å². The summed E-state index contributed by atoms with van der Waals surface area (Å²) in [4.78, 5) is 0. The highest BCUT2D eigenvalue weighted by Crippen LogP contribution is 2.16. The van der Waals surface area contributed by atoms with Gasteiger partial charge in [0.25, 0.3) is 0 Å². The number of aromatic nitrogens is 1. The predicted octanol–water partition coefficient (Wildman–Crippen LogP) is 2.12. The smallest absolute Gasteiger partial charge is 0.119 e. The van der Waals surface area contributed by atoms with Crippen LogP contribution in [-0.4, -0.2) is 24.9 Å². The van der Waals surface area contributed by atoms with Crippen molar-refractivity contribution in [3.05, 3.63) is 48.8 Å². The van der Waals surface area contributed by atoms with Gasteiger partial charge in [0, 0.05) is 12.4 Å². The third-order valence-electron chi connectivity index (χ3n) is 2.33. The van der Waals surface area contributed by atoms with Gasteiger partial charge in [0.15, 0.2) is 0 Å². The van der Waals surface area contributed by atoms with Crippen LogP contribution in [0.3, 0.4) is 0 Å². The second kappa shape index (κ2) is 5.84. The minimum Gasteiger partial charge on any atom is -0.497 e. The molecule has 1 aromatic carbocycles. The van der Waals surface area contributed by atoms with Crippen LogP contribution in [0.5, 0.6) is 11.5 Å². The van der Waals surface area contributed by atoms with Crippen LogP contribution in [-0.2, 0) is 0 Å². The van der Waals surface area contributed by atoms with E-state index in [0.717, 1.165) is 18.0 Å². The molecule has 0 unspecified atom stereocenters. The third-order valence-corrected chi connectivity index (χ3v) is 2.33. The molecule has 2 rings (SSSR count). The Morgan fingerprint density at radius 3 is 2.35 bits per heavy atom. The summed E-state index contributed by atoms with van der Waals surface area (Å²) in [6, 6.07) is 11.5. The highest BCUT2D eigenvalue weighted by Gasteiger charge is 1.94. The summed E-state index contributed by atoms with van der Waals surface area (Å²) in [5, 5.41) is 0. The number of rotatable bonds is 6. The van der Waals surface area contributed by atoms with Gasteiger partial charge >= 0.3 is 0 Å². The maximum absolute atomic E-state index is 5.57. The highest BCUT2D eigenvalue weighted by molar-refractivity contribution is 5.31. The Balaban J connectivity index is 1.70. The maximum Gasteiger partial charge on any atom is 0.119 e. The van der Waals surface area contributed by atoms with Crippen molar-refractivity contribution >= 4 is 0 Å². The Bertz CT molecular complexity index is 423. The van der Waals surface area contributed by atoms with Gasteiger partial charge in [-0.3, -0.25) is 4.68 Å². The van der Waals surface area contributed by atoms with Gasteiger partial charge in [0.1, 0.15) is 18.1 Å². The molecule has 1 heterocycles. The van der Waals surface area contributed by atoms with Crippen molar-refractivity contribution in [3.8, 4) is 11.5 Å². The third kappa shape index (κ3) is 3.45. The summed E-state index contributed by atoms with van der Waals surface area (Å²) in [7, 11) is 1.65. The van der Waals surface area contributed by atoms with Crippen LogP contribution in [0.4, 0.5) is 0 Å². The van der Waals surface area contributed by atoms with Crippen LogP contribution in [0.15, 0.2) is 48.8 Å². The SMILES string of the molecule is COc1ccc(OCCNn2cccc2)cc1. The predicted molar refractivity (Wildman–Crippen MR) is 67.1 cm³/mol. The van der Waals surface area contributed by atoms with Gasteiger partial charge in [-0.15, -0.1) is 0 Å². The van der Waals surface area contributed by atoms with Crippen LogP contribution in [0, 0.1) is 0 Å². The van der Waals surface area contributed by atoms with E-state index < -0.39 is 0 Å². The second-order valence-electron chi connectivity index (χ2n) is 3.52. The van der Waals surface area contributed by atoms with E-state index in [0.29, 0.717) is 6.61 Å². The Morgan fingerprint density at radius 2 is 1.71 bits per heavy atom. The first-order valence-electron chi connectivity index (χ1n) is 5.52. The monoisotopic (exact) mass is 232 g/mol. The summed E-state index contributed by atoms with van der Waals surface area (Å²) in [5.41, 5.74) is 3.18. The molecule has 0 spiro atoms. The molecule has 0 amide bonds. The summed E-state index contributed by atoms with van der Waals surface area (Å²) in [6.07, 6.45) is 3.90. The molecule has 17 heavy (non-hydrogen) atoms. The number of hydrogen-bond acceptors (Lipinski definition) is 3. The van der Waals surface area contributed by atoms with Crippen LogP contribution in [0.25, 0.3) is 0 Å². The van der Waals surface area contributed by atoms with E-state index in [4.69, 9.17) is 9.47 Å². The standard InChI is InChI=1S/C13H16N2O2/c1-16-12-4-6-13(7-5-12)17-11-8-14-15-9-2-3-10-15/h2-7,9-10,14H,8,11H2,1H3. The topological polar surface area (TPSA) is 35.4 Å². The average Bonchev–Trinajstić information content (AvgIpc) is 2.88. The number of ether oxygens (including phenoxy) is 2. The molecule has 0 atom stereocenters. The lowest BCUT2D eigenvalue weighted by Gasteiger charge is -2.09. The van der Waals surface area contributed by atoms with Gasteiger partial charge in [-0.2, -0.15) is 0 Å². The van der Waals surface area contributed by atoms with Gasteiger partial charge < -0.3 is 14.9 Å². The molecule has 0 aliphatic carbocycles. The number of nitrogens with one attached hydrogen (secondary N) is 1. The van der Waals surface area contributed by atoms with Crippen LogP contribution in [0.1, 0.15) is 0 Å². The van der Waals surface area contributed by atoms with Crippen LogP contribution >= 0.6 is 0 Å². The highest BCUT2D eigenvalue weighted by atomic mass is 16.5. The molecule has 0 saturated heterocycles. The van der Waals surface area contributed by atoms with E-state index in [9.17, 15) is 0 Å². The van der Waals surface area contributed by atoms with Crippen molar-refractivity contribution in [2.75, 3.05) is 25.7 Å².